The largest absolute Gasteiger partial charge is 0.447 e. The van der Waals surface area contributed by atoms with Gasteiger partial charge in [0, 0.05) is 22.6 Å². The van der Waals surface area contributed by atoms with Crippen LogP contribution < -0.4 is 10.2 Å². The van der Waals surface area contributed by atoms with Crippen molar-refractivity contribution in [3.63, 3.8) is 0 Å². The van der Waals surface area contributed by atoms with E-state index in [0.717, 1.165) is 28.0 Å². The highest BCUT2D eigenvalue weighted by atomic mass is 35.5. The van der Waals surface area contributed by atoms with E-state index in [4.69, 9.17) is 16.3 Å². The lowest BCUT2D eigenvalue weighted by atomic mass is 10.2. The highest BCUT2D eigenvalue weighted by Crippen LogP contribution is 2.23. The zero-order chi connectivity index (χ0) is 17.2. The Hall–Kier alpha value is -2.86. The Morgan fingerprint density at radius 3 is 2.76 bits per heavy atom. The molecule has 1 aliphatic heterocycles. The molecule has 0 saturated carbocycles. The predicted molar refractivity (Wildman–Crippen MR) is 97.0 cm³/mol. The van der Waals surface area contributed by atoms with Gasteiger partial charge in [0.15, 0.2) is 0 Å². The summed E-state index contributed by atoms with van der Waals surface area (Å²) in [5.41, 5.74) is 2.72. The number of nitrogens with one attached hydrogen (secondary N) is 1. The quantitative estimate of drug-likeness (QED) is 0.770. The average Bonchev–Trinajstić information content (AvgIpc) is 3.06. The molecular formula is C18H15ClN4O2. The van der Waals surface area contributed by atoms with E-state index in [1.54, 1.807) is 4.90 Å². The maximum absolute atomic E-state index is 11.6. The van der Waals surface area contributed by atoms with E-state index >= 15 is 0 Å². The minimum absolute atomic E-state index is 0.294. The van der Waals surface area contributed by atoms with Gasteiger partial charge in [0.2, 0.25) is 0 Å². The molecule has 1 amide bonds. The summed E-state index contributed by atoms with van der Waals surface area (Å²) in [7, 11) is 0. The van der Waals surface area contributed by atoms with Crippen LogP contribution in [-0.4, -0.2) is 29.2 Å². The van der Waals surface area contributed by atoms with Crippen molar-refractivity contribution in [3.8, 4) is 0 Å². The molecule has 4 rings (SSSR count). The zero-order valence-corrected chi connectivity index (χ0v) is 14.0. The Labute approximate surface area is 149 Å². The fraction of sp³-hybridized carbons (Fsp3) is 0.167. The van der Waals surface area contributed by atoms with Gasteiger partial charge in [-0.05, 0) is 35.9 Å². The first-order chi connectivity index (χ1) is 12.2. The van der Waals surface area contributed by atoms with Crippen LogP contribution in [0, 0.1) is 0 Å². The molecule has 0 atom stereocenters. The van der Waals surface area contributed by atoms with E-state index < -0.39 is 0 Å². The molecule has 0 radical (unpaired) electrons. The van der Waals surface area contributed by atoms with Crippen molar-refractivity contribution in [1.29, 1.82) is 0 Å². The minimum atomic E-state index is -0.294. The molecule has 7 heteroatoms. The van der Waals surface area contributed by atoms with Crippen LogP contribution in [-0.2, 0) is 11.3 Å². The summed E-state index contributed by atoms with van der Waals surface area (Å²) in [6, 6.07) is 13.3. The van der Waals surface area contributed by atoms with Gasteiger partial charge < -0.3 is 10.1 Å². The Kier molecular flexibility index (Phi) is 4.11. The molecule has 0 aliphatic carbocycles. The summed E-state index contributed by atoms with van der Waals surface area (Å²) in [4.78, 5) is 21.8. The second kappa shape index (κ2) is 6.57. The second-order valence-corrected chi connectivity index (χ2v) is 6.11. The Morgan fingerprint density at radius 2 is 2.00 bits per heavy atom. The number of benzene rings is 2. The van der Waals surface area contributed by atoms with E-state index in [2.05, 4.69) is 15.3 Å². The van der Waals surface area contributed by atoms with Gasteiger partial charge in [0.25, 0.3) is 0 Å². The van der Waals surface area contributed by atoms with E-state index in [1.807, 2.05) is 42.5 Å². The van der Waals surface area contributed by atoms with Crippen molar-refractivity contribution >= 4 is 40.1 Å². The molecule has 1 N–H and O–H groups in total. The van der Waals surface area contributed by atoms with Crippen LogP contribution >= 0.6 is 11.6 Å². The standard InChI is InChI=1S/C18H15ClN4O2/c19-13-3-6-15-16(9-13)21-11-22-17(15)20-10-12-1-4-14(5-2-12)23-7-8-25-18(23)24/h1-6,9,11H,7-8,10H2,(H,20,21,22). The number of halogens is 1. The minimum Gasteiger partial charge on any atom is -0.447 e. The number of nitrogens with zero attached hydrogens (tertiary/aromatic N) is 3. The lowest BCUT2D eigenvalue weighted by Gasteiger charge is -2.13. The summed E-state index contributed by atoms with van der Waals surface area (Å²) < 4.78 is 4.96. The molecule has 2 aromatic carbocycles. The Bertz CT molecular complexity index is 930. The monoisotopic (exact) mass is 354 g/mol. The summed E-state index contributed by atoms with van der Waals surface area (Å²) in [6.07, 6.45) is 1.22. The molecule has 2 heterocycles. The molecule has 1 fully saturated rings. The van der Waals surface area contributed by atoms with E-state index in [-0.39, 0.29) is 6.09 Å². The number of ether oxygens (including phenoxy) is 1. The number of fused-ring (bicyclic) bond motifs is 1. The third-order valence-electron chi connectivity index (χ3n) is 4.07. The van der Waals surface area contributed by atoms with Gasteiger partial charge in [0.1, 0.15) is 18.8 Å². The van der Waals surface area contributed by atoms with Crippen LogP contribution in [0.5, 0.6) is 0 Å². The topological polar surface area (TPSA) is 67.3 Å². The predicted octanol–water partition coefficient (Wildman–Crippen LogP) is 3.85. The maximum Gasteiger partial charge on any atom is 0.414 e. The molecule has 0 spiro atoms. The molecule has 0 unspecified atom stereocenters. The van der Waals surface area contributed by atoms with Crippen molar-refractivity contribution in [1.82, 2.24) is 9.97 Å². The number of carbonyl (C=O) groups is 1. The Morgan fingerprint density at radius 1 is 1.16 bits per heavy atom. The third kappa shape index (κ3) is 3.21. The van der Waals surface area contributed by atoms with Gasteiger partial charge in [-0.25, -0.2) is 14.8 Å². The smallest absolute Gasteiger partial charge is 0.414 e. The van der Waals surface area contributed by atoms with Gasteiger partial charge in [-0.3, -0.25) is 4.90 Å². The number of rotatable bonds is 4. The number of aromatic nitrogens is 2. The fourth-order valence-corrected chi connectivity index (χ4v) is 2.94. The van der Waals surface area contributed by atoms with Crippen molar-refractivity contribution in [2.75, 3.05) is 23.4 Å². The van der Waals surface area contributed by atoms with Crippen LogP contribution in [0.4, 0.5) is 16.3 Å². The summed E-state index contributed by atoms with van der Waals surface area (Å²) >= 11 is 6.01. The lowest BCUT2D eigenvalue weighted by Crippen LogP contribution is -2.23. The number of carbonyl (C=O) groups excluding carboxylic acids is 1. The number of cyclic esters (lactones) is 1. The SMILES string of the molecule is O=C1OCCN1c1ccc(CNc2ncnc3cc(Cl)ccc23)cc1. The van der Waals surface area contributed by atoms with Crippen LogP contribution in [0.3, 0.4) is 0 Å². The van der Waals surface area contributed by atoms with Gasteiger partial charge in [-0.15, -0.1) is 0 Å². The van der Waals surface area contributed by atoms with Crippen LogP contribution in [0.15, 0.2) is 48.8 Å². The second-order valence-electron chi connectivity index (χ2n) is 5.67. The summed E-state index contributed by atoms with van der Waals surface area (Å²) in [5, 5.41) is 4.89. The number of anilines is 2. The molecule has 126 valence electrons. The molecule has 3 aromatic rings. The number of hydrogen-bond donors (Lipinski definition) is 1. The first-order valence-corrected chi connectivity index (χ1v) is 8.26. The van der Waals surface area contributed by atoms with Gasteiger partial charge in [0.05, 0.1) is 12.1 Å². The normalized spacial score (nSPS) is 14.0. The van der Waals surface area contributed by atoms with Crippen LogP contribution in [0.2, 0.25) is 5.02 Å². The van der Waals surface area contributed by atoms with Crippen molar-refractivity contribution in [2.45, 2.75) is 6.54 Å². The van der Waals surface area contributed by atoms with E-state index in [9.17, 15) is 4.79 Å². The molecular weight excluding hydrogens is 340 g/mol. The lowest BCUT2D eigenvalue weighted by molar-refractivity contribution is 0.181. The fourth-order valence-electron chi connectivity index (χ4n) is 2.78. The molecule has 1 saturated heterocycles. The Balaban J connectivity index is 1.49. The summed E-state index contributed by atoms with van der Waals surface area (Å²) in [6.45, 7) is 1.64. The van der Waals surface area contributed by atoms with Crippen molar-refractivity contribution < 1.29 is 9.53 Å². The molecule has 1 aromatic heterocycles. The average molecular weight is 355 g/mol. The third-order valence-corrected chi connectivity index (χ3v) is 4.30. The van der Waals surface area contributed by atoms with Crippen molar-refractivity contribution in [3.05, 3.63) is 59.4 Å². The number of hydrogen-bond acceptors (Lipinski definition) is 5. The van der Waals surface area contributed by atoms with Crippen molar-refractivity contribution in [2.24, 2.45) is 0 Å². The van der Waals surface area contributed by atoms with Crippen LogP contribution in [0.1, 0.15) is 5.56 Å². The highest BCUT2D eigenvalue weighted by Gasteiger charge is 2.23. The van der Waals surface area contributed by atoms with Gasteiger partial charge >= 0.3 is 6.09 Å². The first-order valence-electron chi connectivity index (χ1n) is 7.88. The first kappa shape index (κ1) is 15.7. The van der Waals surface area contributed by atoms with Gasteiger partial charge in [-0.1, -0.05) is 23.7 Å². The zero-order valence-electron chi connectivity index (χ0n) is 13.3. The van der Waals surface area contributed by atoms with E-state index in [0.29, 0.717) is 24.7 Å². The number of amides is 1. The molecule has 25 heavy (non-hydrogen) atoms. The maximum atomic E-state index is 11.6. The molecule has 6 nitrogen and oxygen atoms in total. The highest BCUT2D eigenvalue weighted by molar-refractivity contribution is 6.31. The molecule has 1 aliphatic rings. The summed E-state index contributed by atoms with van der Waals surface area (Å²) in [5.74, 6) is 0.758. The van der Waals surface area contributed by atoms with E-state index in [1.165, 1.54) is 6.33 Å². The molecule has 0 bridgehead atoms. The van der Waals surface area contributed by atoms with Crippen LogP contribution in [0.25, 0.3) is 10.9 Å². The van der Waals surface area contributed by atoms with Gasteiger partial charge in [-0.2, -0.15) is 0 Å².